The van der Waals surface area contributed by atoms with Gasteiger partial charge in [-0.05, 0) is 27.7 Å². The summed E-state index contributed by atoms with van der Waals surface area (Å²) in [6.07, 6.45) is 3.31. The fourth-order valence-corrected chi connectivity index (χ4v) is 2.80. The molecule has 0 amide bonds. The van der Waals surface area contributed by atoms with Gasteiger partial charge in [0, 0.05) is 18.4 Å². The van der Waals surface area contributed by atoms with Crippen LogP contribution < -0.4 is 0 Å². The standard InChI is InChI=1S/C10H19N3O2S/c1-8(2)13(16(14,15)9(3)4)7-10-11-5-6-12-10/h5-6,8-9H,7H2,1-4H3,(H,11,12). The lowest BCUT2D eigenvalue weighted by Gasteiger charge is -2.26. The normalized spacial score (nSPS) is 12.9. The second kappa shape index (κ2) is 4.97. The summed E-state index contributed by atoms with van der Waals surface area (Å²) in [5.41, 5.74) is 0. The van der Waals surface area contributed by atoms with Crippen molar-refractivity contribution in [2.24, 2.45) is 0 Å². The van der Waals surface area contributed by atoms with Gasteiger partial charge in [-0.15, -0.1) is 0 Å². The number of rotatable bonds is 5. The Morgan fingerprint density at radius 2 is 2.00 bits per heavy atom. The van der Waals surface area contributed by atoms with Gasteiger partial charge in [-0.2, -0.15) is 4.31 Å². The molecule has 0 aromatic carbocycles. The maximum absolute atomic E-state index is 12.1. The van der Waals surface area contributed by atoms with Crippen molar-refractivity contribution in [2.75, 3.05) is 0 Å². The summed E-state index contributed by atoms with van der Waals surface area (Å²) in [6.45, 7) is 7.40. The summed E-state index contributed by atoms with van der Waals surface area (Å²) in [7, 11) is -3.24. The summed E-state index contributed by atoms with van der Waals surface area (Å²) >= 11 is 0. The van der Waals surface area contributed by atoms with Gasteiger partial charge in [0.2, 0.25) is 10.0 Å². The zero-order valence-electron chi connectivity index (χ0n) is 10.1. The third kappa shape index (κ3) is 2.82. The minimum Gasteiger partial charge on any atom is -0.347 e. The van der Waals surface area contributed by atoms with Crippen LogP contribution in [0.25, 0.3) is 0 Å². The van der Waals surface area contributed by atoms with Crippen LogP contribution in [0, 0.1) is 0 Å². The maximum atomic E-state index is 12.1. The second-order valence-corrected chi connectivity index (χ2v) is 6.71. The van der Waals surface area contributed by atoms with Gasteiger partial charge >= 0.3 is 0 Å². The number of aromatic amines is 1. The number of hydrogen-bond acceptors (Lipinski definition) is 3. The molecule has 6 heteroatoms. The van der Waals surface area contributed by atoms with Gasteiger partial charge in [0.05, 0.1) is 11.8 Å². The molecule has 0 aliphatic heterocycles. The topological polar surface area (TPSA) is 66.1 Å². The Labute approximate surface area is 96.9 Å². The fraction of sp³-hybridized carbons (Fsp3) is 0.700. The summed E-state index contributed by atoms with van der Waals surface area (Å²) in [6, 6.07) is -0.0718. The maximum Gasteiger partial charge on any atom is 0.217 e. The van der Waals surface area contributed by atoms with Crippen LogP contribution >= 0.6 is 0 Å². The zero-order valence-corrected chi connectivity index (χ0v) is 11.0. The first kappa shape index (κ1) is 13.2. The highest BCUT2D eigenvalue weighted by molar-refractivity contribution is 7.89. The van der Waals surface area contributed by atoms with E-state index in [4.69, 9.17) is 0 Å². The van der Waals surface area contributed by atoms with Crippen molar-refractivity contribution in [2.45, 2.75) is 45.5 Å². The van der Waals surface area contributed by atoms with Crippen molar-refractivity contribution in [3.63, 3.8) is 0 Å². The Kier molecular flexibility index (Phi) is 4.09. The molecule has 0 aliphatic carbocycles. The van der Waals surface area contributed by atoms with Gasteiger partial charge in [-0.25, -0.2) is 13.4 Å². The van der Waals surface area contributed by atoms with Crippen molar-refractivity contribution in [1.29, 1.82) is 0 Å². The van der Waals surface area contributed by atoms with E-state index in [1.165, 1.54) is 4.31 Å². The molecule has 1 N–H and O–H groups in total. The first-order valence-electron chi connectivity index (χ1n) is 5.34. The predicted octanol–water partition coefficient (Wildman–Crippen LogP) is 1.36. The second-order valence-electron chi connectivity index (χ2n) is 4.27. The molecule has 0 aliphatic rings. The van der Waals surface area contributed by atoms with Gasteiger partial charge in [0.15, 0.2) is 0 Å². The molecule has 0 radical (unpaired) electrons. The van der Waals surface area contributed by atoms with E-state index in [0.717, 1.165) is 0 Å². The first-order valence-corrected chi connectivity index (χ1v) is 6.85. The highest BCUT2D eigenvalue weighted by Crippen LogP contribution is 2.15. The van der Waals surface area contributed by atoms with Crippen molar-refractivity contribution in [3.8, 4) is 0 Å². The zero-order chi connectivity index (χ0) is 12.3. The molecule has 0 saturated carbocycles. The van der Waals surface area contributed by atoms with E-state index < -0.39 is 15.3 Å². The Hall–Kier alpha value is -0.880. The lowest BCUT2D eigenvalue weighted by molar-refractivity contribution is 0.338. The monoisotopic (exact) mass is 245 g/mol. The number of hydrogen-bond donors (Lipinski definition) is 1. The third-order valence-corrected chi connectivity index (χ3v) is 4.75. The number of nitrogens with zero attached hydrogens (tertiary/aromatic N) is 2. The predicted molar refractivity (Wildman–Crippen MR) is 63.3 cm³/mol. The molecule has 0 saturated heterocycles. The molecule has 0 spiro atoms. The SMILES string of the molecule is CC(C)N(Cc1ncc[nH]1)S(=O)(=O)C(C)C. The van der Waals surface area contributed by atoms with Crippen LogP contribution in [0.2, 0.25) is 0 Å². The average molecular weight is 245 g/mol. The van der Waals surface area contributed by atoms with Crippen molar-refractivity contribution >= 4 is 10.0 Å². The molecule has 1 heterocycles. The van der Waals surface area contributed by atoms with E-state index >= 15 is 0 Å². The molecule has 1 aromatic rings. The van der Waals surface area contributed by atoms with Crippen molar-refractivity contribution in [3.05, 3.63) is 18.2 Å². The van der Waals surface area contributed by atoms with E-state index in [1.54, 1.807) is 26.2 Å². The Morgan fingerprint density at radius 1 is 1.38 bits per heavy atom. The summed E-state index contributed by atoms with van der Waals surface area (Å²) < 4.78 is 25.6. The van der Waals surface area contributed by atoms with Crippen LogP contribution in [0.15, 0.2) is 12.4 Å². The molecular formula is C10H19N3O2S. The molecule has 5 nitrogen and oxygen atoms in total. The van der Waals surface area contributed by atoms with E-state index in [-0.39, 0.29) is 6.04 Å². The van der Waals surface area contributed by atoms with Gasteiger partial charge in [-0.1, -0.05) is 0 Å². The largest absolute Gasteiger partial charge is 0.347 e. The van der Waals surface area contributed by atoms with E-state index in [0.29, 0.717) is 12.4 Å². The highest BCUT2D eigenvalue weighted by Gasteiger charge is 2.28. The van der Waals surface area contributed by atoms with Crippen LogP contribution in [0.3, 0.4) is 0 Å². The number of nitrogens with one attached hydrogen (secondary N) is 1. The van der Waals surface area contributed by atoms with Crippen LogP contribution in [0.5, 0.6) is 0 Å². The lowest BCUT2D eigenvalue weighted by Crippen LogP contribution is -2.40. The van der Waals surface area contributed by atoms with E-state index in [9.17, 15) is 8.42 Å². The van der Waals surface area contributed by atoms with Gasteiger partial charge in [0.1, 0.15) is 5.82 Å². The van der Waals surface area contributed by atoms with Crippen LogP contribution in [-0.4, -0.2) is 34.0 Å². The summed E-state index contributed by atoms with van der Waals surface area (Å²) in [4.78, 5) is 6.97. The Morgan fingerprint density at radius 3 is 2.38 bits per heavy atom. The number of sulfonamides is 1. The van der Waals surface area contributed by atoms with Crippen molar-refractivity contribution in [1.82, 2.24) is 14.3 Å². The molecule has 0 fully saturated rings. The number of H-pyrrole nitrogens is 1. The molecule has 0 atom stereocenters. The minimum absolute atomic E-state index is 0.0718. The van der Waals surface area contributed by atoms with Crippen molar-refractivity contribution < 1.29 is 8.42 Å². The van der Waals surface area contributed by atoms with E-state index in [1.807, 2.05) is 13.8 Å². The Bertz CT molecular complexity index is 409. The van der Waals surface area contributed by atoms with Gasteiger partial charge in [0.25, 0.3) is 0 Å². The van der Waals surface area contributed by atoms with Crippen LogP contribution in [0.1, 0.15) is 33.5 Å². The van der Waals surface area contributed by atoms with Crippen LogP contribution in [0.4, 0.5) is 0 Å². The Balaban J connectivity index is 2.93. The highest BCUT2D eigenvalue weighted by atomic mass is 32.2. The lowest BCUT2D eigenvalue weighted by atomic mass is 10.4. The van der Waals surface area contributed by atoms with E-state index in [2.05, 4.69) is 9.97 Å². The first-order chi connectivity index (χ1) is 7.35. The molecule has 16 heavy (non-hydrogen) atoms. The molecule has 0 bridgehead atoms. The van der Waals surface area contributed by atoms with Gasteiger partial charge in [-0.3, -0.25) is 0 Å². The fourth-order valence-electron chi connectivity index (χ4n) is 1.37. The molecular weight excluding hydrogens is 226 g/mol. The number of imidazole rings is 1. The molecule has 1 rings (SSSR count). The smallest absolute Gasteiger partial charge is 0.217 e. The van der Waals surface area contributed by atoms with Gasteiger partial charge < -0.3 is 4.98 Å². The summed E-state index contributed by atoms with van der Waals surface area (Å²) in [5, 5.41) is -0.412. The third-order valence-electron chi connectivity index (χ3n) is 2.36. The molecule has 1 aromatic heterocycles. The molecule has 92 valence electrons. The average Bonchev–Trinajstić information content (AvgIpc) is 2.65. The minimum atomic E-state index is -3.24. The quantitative estimate of drug-likeness (QED) is 0.851. The molecule has 0 unspecified atom stereocenters. The number of aromatic nitrogens is 2. The van der Waals surface area contributed by atoms with Crippen LogP contribution in [-0.2, 0) is 16.6 Å². The summed E-state index contributed by atoms with van der Waals surface area (Å²) in [5.74, 6) is 0.665.